The Morgan fingerprint density at radius 1 is 0.972 bits per heavy atom. The van der Waals surface area contributed by atoms with Crippen LogP contribution >= 0.6 is 15.9 Å². The Bertz CT molecular complexity index is 1280. The largest absolute Gasteiger partial charge is 0.503 e. The van der Waals surface area contributed by atoms with Crippen LogP contribution in [0.3, 0.4) is 0 Å². The lowest BCUT2D eigenvalue weighted by Crippen LogP contribution is -2.37. The van der Waals surface area contributed by atoms with Gasteiger partial charge in [-0.2, -0.15) is 0 Å². The lowest BCUT2D eigenvalue weighted by molar-refractivity contribution is -0.143. The number of halogens is 1. The Morgan fingerprint density at radius 2 is 1.64 bits per heavy atom. The van der Waals surface area contributed by atoms with Crippen molar-refractivity contribution in [3.05, 3.63) is 57.2 Å². The van der Waals surface area contributed by atoms with Crippen LogP contribution in [-0.2, 0) is 14.3 Å². The molecule has 0 spiro atoms. The summed E-state index contributed by atoms with van der Waals surface area (Å²) in [4.78, 5) is 31.4. The number of Topliss-reactive ketones (excluding diaryl/α,β-unsaturated/α-hetero) is 1. The number of benzene rings is 2. The van der Waals surface area contributed by atoms with Crippen molar-refractivity contribution < 1.29 is 33.6 Å². The number of esters is 1. The van der Waals surface area contributed by atoms with Crippen molar-refractivity contribution >= 4 is 33.4 Å². The number of phenolic OH excluding ortho intramolecular Hbond substituents is 1. The fraction of sp³-hybridized carbons (Fsp3) is 0.370. The average Bonchev–Trinajstić information content (AvgIpc) is 2.88. The minimum atomic E-state index is -0.781. The molecule has 1 aliphatic carbocycles. The van der Waals surface area contributed by atoms with Crippen LogP contribution in [0.15, 0.2) is 51.1 Å². The molecule has 0 saturated heterocycles. The first-order valence-electron chi connectivity index (χ1n) is 11.4. The molecule has 1 aliphatic heterocycles. The average molecular weight is 558 g/mol. The molecule has 36 heavy (non-hydrogen) atoms. The summed E-state index contributed by atoms with van der Waals surface area (Å²) in [5.41, 5.74) is 3.30. The number of rotatable bonds is 6. The third-order valence-electron chi connectivity index (χ3n) is 6.85. The van der Waals surface area contributed by atoms with Crippen LogP contribution in [0.1, 0.15) is 42.7 Å². The molecule has 1 heterocycles. The summed E-state index contributed by atoms with van der Waals surface area (Å²) in [5, 5.41) is 10.3. The molecule has 1 unspecified atom stereocenters. The van der Waals surface area contributed by atoms with Crippen LogP contribution < -0.4 is 14.2 Å². The van der Waals surface area contributed by atoms with Gasteiger partial charge in [0.25, 0.3) is 0 Å². The number of phenols is 1. The Morgan fingerprint density at radius 3 is 2.28 bits per heavy atom. The summed E-state index contributed by atoms with van der Waals surface area (Å²) in [6.45, 7) is 1.77. The lowest BCUT2D eigenvalue weighted by atomic mass is 9.69. The second-order valence-corrected chi connectivity index (χ2v) is 9.64. The third kappa shape index (κ3) is 4.48. The number of carbonyl (C=O) groups excluding carboxylic acids is 2. The molecule has 4 rings (SSSR count). The van der Waals surface area contributed by atoms with Crippen LogP contribution in [0.5, 0.6) is 23.0 Å². The van der Waals surface area contributed by atoms with Crippen molar-refractivity contribution in [1.82, 2.24) is 0 Å². The monoisotopic (exact) mass is 557 g/mol. The van der Waals surface area contributed by atoms with Crippen LogP contribution in [0.25, 0.3) is 0 Å². The number of hydrogen-bond acceptors (Lipinski definition) is 8. The Balaban J connectivity index is 1.83. The predicted octanol–water partition coefficient (Wildman–Crippen LogP) is 4.93. The predicted molar refractivity (Wildman–Crippen MR) is 137 cm³/mol. The molecule has 1 N–H and O–H groups in total. The highest BCUT2D eigenvalue weighted by molar-refractivity contribution is 9.10. The number of nitrogens with zero attached hydrogens (tertiary/aromatic N) is 1. The Labute approximate surface area is 218 Å². The van der Waals surface area contributed by atoms with Crippen molar-refractivity contribution in [2.24, 2.45) is 10.9 Å². The van der Waals surface area contributed by atoms with Crippen LogP contribution in [0.4, 0.5) is 0 Å². The summed E-state index contributed by atoms with van der Waals surface area (Å²) in [6, 6.07) is 9.00. The van der Waals surface area contributed by atoms with E-state index in [2.05, 4.69) is 15.9 Å². The zero-order chi connectivity index (χ0) is 26.1. The molecule has 0 radical (unpaired) electrons. The molecule has 3 atom stereocenters. The third-order valence-corrected chi connectivity index (χ3v) is 7.46. The summed E-state index contributed by atoms with van der Waals surface area (Å²) >= 11 is 3.36. The molecule has 2 aromatic carbocycles. The molecule has 0 fully saturated rings. The summed E-state index contributed by atoms with van der Waals surface area (Å²) in [6.07, 6.45) is 0.776. The van der Waals surface area contributed by atoms with Crippen LogP contribution in [-0.4, -0.2) is 51.0 Å². The number of allylic oxidation sites excluding steroid dienone is 2. The van der Waals surface area contributed by atoms with Gasteiger partial charge in [-0.1, -0.05) is 6.07 Å². The number of carbonyl (C=O) groups is 2. The van der Waals surface area contributed by atoms with E-state index in [1.165, 1.54) is 14.2 Å². The molecule has 0 bridgehead atoms. The molecular weight excluding hydrogens is 530 g/mol. The molecule has 8 nitrogen and oxygen atoms in total. The first-order chi connectivity index (χ1) is 17.2. The van der Waals surface area contributed by atoms with Crippen LogP contribution in [0, 0.1) is 5.92 Å². The second-order valence-electron chi connectivity index (χ2n) is 8.79. The highest BCUT2D eigenvalue weighted by Gasteiger charge is 2.45. The topological polar surface area (TPSA) is 104 Å². The fourth-order valence-corrected chi connectivity index (χ4v) is 5.58. The maximum atomic E-state index is 13.7. The lowest BCUT2D eigenvalue weighted by Gasteiger charge is -2.36. The highest BCUT2D eigenvalue weighted by Crippen LogP contribution is 2.49. The van der Waals surface area contributed by atoms with E-state index in [1.807, 2.05) is 18.2 Å². The van der Waals surface area contributed by atoms with E-state index >= 15 is 0 Å². The van der Waals surface area contributed by atoms with Gasteiger partial charge in [-0.3, -0.25) is 14.6 Å². The summed E-state index contributed by atoms with van der Waals surface area (Å²) in [7, 11) is 5.91. The van der Waals surface area contributed by atoms with Crippen molar-refractivity contribution in [3.8, 4) is 23.0 Å². The summed E-state index contributed by atoms with van der Waals surface area (Å²) in [5.74, 6) is -0.709. The van der Waals surface area contributed by atoms with Crippen molar-refractivity contribution in [2.75, 3.05) is 28.4 Å². The van der Waals surface area contributed by atoms with Crippen LogP contribution in [0.2, 0.25) is 0 Å². The highest BCUT2D eigenvalue weighted by atomic mass is 79.9. The summed E-state index contributed by atoms with van der Waals surface area (Å²) < 4.78 is 21.6. The maximum Gasteiger partial charge on any atom is 0.315 e. The van der Waals surface area contributed by atoms with Gasteiger partial charge in [-0.25, -0.2) is 0 Å². The Kier molecular flexibility index (Phi) is 7.40. The van der Waals surface area contributed by atoms with Gasteiger partial charge in [0.2, 0.25) is 0 Å². The number of ether oxygens (including phenoxy) is 4. The van der Waals surface area contributed by atoms with Gasteiger partial charge >= 0.3 is 5.97 Å². The number of aliphatic imine (C=N–C) groups is 1. The van der Waals surface area contributed by atoms with E-state index in [0.29, 0.717) is 44.9 Å². The molecule has 2 aliphatic rings. The van der Waals surface area contributed by atoms with E-state index < -0.39 is 17.8 Å². The van der Waals surface area contributed by atoms with Gasteiger partial charge < -0.3 is 24.1 Å². The van der Waals surface area contributed by atoms with Gasteiger partial charge in [0.05, 0.1) is 32.9 Å². The minimum absolute atomic E-state index is 0.0604. The molecule has 2 aromatic rings. The van der Waals surface area contributed by atoms with Crippen molar-refractivity contribution in [1.29, 1.82) is 0 Å². The zero-order valence-corrected chi connectivity index (χ0v) is 22.3. The van der Waals surface area contributed by atoms with Gasteiger partial charge in [-0.15, -0.1) is 0 Å². The first kappa shape index (κ1) is 25.8. The molecule has 190 valence electrons. The minimum Gasteiger partial charge on any atom is -0.503 e. The second kappa shape index (κ2) is 10.3. The molecule has 0 saturated carbocycles. The van der Waals surface area contributed by atoms with E-state index in [-0.39, 0.29) is 29.6 Å². The van der Waals surface area contributed by atoms with Gasteiger partial charge in [0.1, 0.15) is 5.92 Å². The molecule has 0 aromatic heterocycles. The number of hydrogen-bond donors (Lipinski definition) is 1. The van der Waals surface area contributed by atoms with E-state index in [9.17, 15) is 14.7 Å². The van der Waals surface area contributed by atoms with E-state index in [0.717, 1.165) is 5.56 Å². The SMILES string of the molecule is COC(=O)C1C(C)=NC2=C(C(=O)C[C@@H](c3ccc(OC)c(OC)c3)C2)[C@@H]1c1cc(Br)c(O)c(OC)c1. The first-order valence-corrected chi connectivity index (χ1v) is 12.2. The van der Waals surface area contributed by atoms with Crippen molar-refractivity contribution in [3.63, 3.8) is 0 Å². The Hall–Kier alpha value is -3.33. The standard InChI is InChI=1S/C27H28BrNO7/c1-13-23(27(32)36-5)24(16-8-17(28)26(31)22(12-16)35-4)25-18(29-13)9-15(10-19(25)30)14-6-7-20(33-2)21(11-14)34-3/h6-8,11-12,15,23-24,31H,9-10H2,1-5H3/t15-,23?,24+/m0/s1. The smallest absolute Gasteiger partial charge is 0.315 e. The quantitative estimate of drug-likeness (QED) is 0.502. The maximum absolute atomic E-state index is 13.7. The zero-order valence-electron chi connectivity index (χ0n) is 20.8. The molecular formula is C27H28BrNO7. The molecule has 9 heteroatoms. The van der Waals surface area contributed by atoms with Crippen molar-refractivity contribution in [2.45, 2.75) is 31.6 Å². The van der Waals surface area contributed by atoms with Gasteiger partial charge in [0.15, 0.2) is 28.8 Å². The fourth-order valence-electron chi connectivity index (χ4n) is 5.12. The normalized spacial score (nSPS) is 21.4. The number of ketones is 1. The van der Waals surface area contributed by atoms with E-state index in [4.69, 9.17) is 23.9 Å². The number of methoxy groups -OCH3 is 4. The van der Waals surface area contributed by atoms with Gasteiger partial charge in [0, 0.05) is 29.3 Å². The van der Waals surface area contributed by atoms with Gasteiger partial charge in [-0.05, 0) is 70.6 Å². The number of aromatic hydroxyl groups is 1. The van der Waals surface area contributed by atoms with E-state index in [1.54, 1.807) is 33.3 Å². The molecule has 0 amide bonds.